The molecule has 0 aromatic carbocycles. The van der Waals surface area contributed by atoms with Crippen LogP contribution in [0.1, 0.15) is 45.4 Å². The predicted octanol–water partition coefficient (Wildman–Crippen LogP) is 2.82. The van der Waals surface area contributed by atoms with Crippen molar-refractivity contribution in [2.24, 2.45) is 4.99 Å². The predicted molar refractivity (Wildman–Crippen MR) is 56.5 cm³/mol. The fourth-order valence-corrected chi connectivity index (χ4v) is 1.73. The molecule has 0 saturated heterocycles. The number of nitrogens with zero attached hydrogens (tertiary/aromatic N) is 1. The van der Waals surface area contributed by atoms with Crippen molar-refractivity contribution in [3.63, 3.8) is 0 Å². The zero-order valence-electron chi connectivity index (χ0n) is 8.67. The Morgan fingerprint density at radius 3 is 2.77 bits per heavy atom. The molecule has 0 bridgehead atoms. The molecule has 1 fully saturated rings. The molecule has 0 N–H and O–H groups in total. The van der Waals surface area contributed by atoms with E-state index in [1.54, 1.807) is 0 Å². The normalized spacial score (nSPS) is 19.8. The van der Waals surface area contributed by atoms with Crippen LogP contribution >= 0.6 is 0 Å². The average Bonchev–Trinajstić information content (AvgIpc) is 2.19. The van der Waals surface area contributed by atoms with E-state index in [-0.39, 0.29) is 0 Å². The van der Waals surface area contributed by atoms with Crippen LogP contribution in [0.15, 0.2) is 4.99 Å². The fourth-order valence-electron chi connectivity index (χ4n) is 1.73. The van der Waals surface area contributed by atoms with Gasteiger partial charge in [-0.1, -0.05) is 19.3 Å². The molecular weight excluding hydrogens is 162 g/mol. The van der Waals surface area contributed by atoms with E-state index in [1.165, 1.54) is 32.1 Å². The van der Waals surface area contributed by atoms with E-state index in [2.05, 4.69) is 4.99 Å². The monoisotopic (exact) mass is 183 g/mol. The van der Waals surface area contributed by atoms with Crippen molar-refractivity contribution in [3.05, 3.63) is 0 Å². The number of aliphatic imine (C=N–C) groups is 1. The maximum Gasteiger partial charge on any atom is 0.0515 e. The summed E-state index contributed by atoms with van der Waals surface area (Å²) in [6.07, 6.45) is 9.76. The van der Waals surface area contributed by atoms with Gasteiger partial charge < -0.3 is 4.74 Å². The minimum Gasteiger partial charge on any atom is -0.381 e. The molecule has 76 valence electrons. The largest absolute Gasteiger partial charge is 0.381 e. The van der Waals surface area contributed by atoms with E-state index in [0.29, 0.717) is 6.04 Å². The lowest BCUT2D eigenvalue weighted by atomic mass is 9.96. The number of ether oxygens (including phenoxy) is 1. The Morgan fingerprint density at radius 1 is 1.31 bits per heavy atom. The van der Waals surface area contributed by atoms with E-state index in [1.807, 2.05) is 13.1 Å². The van der Waals surface area contributed by atoms with Crippen LogP contribution in [0, 0.1) is 0 Å². The first-order valence-corrected chi connectivity index (χ1v) is 5.53. The molecule has 0 heterocycles. The summed E-state index contributed by atoms with van der Waals surface area (Å²) in [5, 5.41) is 0. The van der Waals surface area contributed by atoms with Gasteiger partial charge in [0.15, 0.2) is 0 Å². The Labute approximate surface area is 81.4 Å². The molecule has 0 aliphatic heterocycles. The number of hydrogen-bond acceptors (Lipinski definition) is 2. The quantitative estimate of drug-likeness (QED) is 0.474. The van der Waals surface area contributed by atoms with E-state index in [0.717, 1.165) is 19.6 Å². The molecule has 13 heavy (non-hydrogen) atoms. The maximum atomic E-state index is 5.23. The molecule has 2 heteroatoms. The SMILES string of the molecule is CCOCCC=NC1CCCCC1. The molecule has 1 rings (SSSR count). The topological polar surface area (TPSA) is 21.6 Å². The summed E-state index contributed by atoms with van der Waals surface area (Å²) in [4.78, 5) is 4.55. The lowest BCUT2D eigenvalue weighted by Gasteiger charge is -2.16. The average molecular weight is 183 g/mol. The first-order chi connectivity index (χ1) is 6.43. The van der Waals surface area contributed by atoms with Crippen molar-refractivity contribution >= 4 is 6.21 Å². The van der Waals surface area contributed by atoms with Crippen LogP contribution < -0.4 is 0 Å². The van der Waals surface area contributed by atoms with Gasteiger partial charge >= 0.3 is 0 Å². The highest BCUT2D eigenvalue weighted by Gasteiger charge is 2.10. The summed E-state index contributed by atoms with van der Waals surface area (Å²) < 4.78 is 5.23. The Kier molecular flexibility index (Phi) is 5.83. The van der Waals surface area contributed by atoms with E-state index in [9.17, 15) is 0 Å². The third-order valence-electron chi connectivity index (χ3n) is 2.49. The van der Waals surface area contributed by atoms with Crippen molar-refractivity contribution in [2.75, 3.05) is 13.2 Å². The lowest BCUT2D eigenvalue weighted by molar-refractivity contribution is 0.155. The highest BCUT2D eigenvalue weighted by Crippen LogP contribution is 2.19. The van der Waals surface area contributed by atoms with Crippen LogP contribution in [0.3, 0.4) is 0 Å². The third kappa shape index (κ3) is 5.04. The van der Waals surface area contributed by atoms with Crippen LogP contribution in [0.2, 0.25) is 0 Å². The van der Waals surface area contributed by atoms with Gasteiger partial charge in [0.05, 0.1) is 6.61 Å². The summed E-state index contributed by atoms with van der Waals surface area (Å²) in [5.74, 6) is 0. The van der Waals surface area contributed by atoms with Gasteiger partial charge in [0.1, 0.15) is 0 Å². The molecule has 0 aromatic heterocycles. The summed E-state index contributed by atoms with van der Waals surface area (Å²) in [6.45, 7) is 3.67. The van der Waals surface area contributed by atoms with Crippen molar-refractivity contribution in [2.45, 2.75) is 51.5 Å². The maximum absolute atomic E-state index is 5.23. The molecule has 0 aromatic rings. The van der Waals surface area contributed by atoms with E-state index in [4.69, 9.17) is 4.74 Å². The Hall–Kier alpha value is -0.370. The molecule has 1 saturated carbocycles. The Bertz CT molecular complexity index is 139. The van der Waals surface area contributed by atoms with Crippen molar-refractivity contribution in [1.82, 2.24) is 0 Å². The molecule has 0 amide bonds. The van der Waals surface area contributed by atoms with Crippen LogP contribution in [-0.2, 0) is 4.74 Å². The second kappa shape index (κ2) is 7.07. The van der Waals surface area contributed by atoms with Gasteiger partial charge in [-0.25, -0.2) is 0 Å². The van der Waals surface area contributed by atoms with Gasteiger partial charge in [-0.05, 0) is 19.8 Å². The standard InChI is InChI=1S/C11H21NO/c1-2-13-10-6-9-12-11-7-4-3-5-8-11/h9,11H,2-8,10H2,1H3. The van der Waals surface area contributed by atoms with Crippen LogP contribution in [0.5, 0.6) is 0 Å². The number of rotatable bonds is 5. The zero-order chi connectivity index (χ0) is 9.36. The first kappa shape index (κ1) is 10.7. The Morgan fingerprint density at radius 2 is 2.08 bits per heavy atom. The van der Waals surface area contributed by atoms with Crippen molar-refractivity contribution in [3.8, 4) is 0 Å². The Balaban J connectivity index is 2.01. The third-order valence-corrected chi connectivity index (χ3v) is 2.49. The van der Waals surface area contributed by atoms with Gasteiger partial charge in [0.25, 0.3) is 0 Å². The summed E-state index contributed by atoms with van der Waals surface area (Å²) in [7, 11) is 0. The molecule has 0 radical (unpaired) electrons. The van der Waals surface area contributed by atoms with Gasteiger partial charge in [-0.3, -0.25) is 4.99 Å². The fraction of sp³-hybridized carbons (Fsp3) is 0.909. The molecule has 2 nitrogen and oxygen atoms in total. The summed E-state index contributed by atoms with van der Waals surface area (Å²) in [6, 6.07) is 0.621. The van der Waals surface area contributed by atoms with Gasteiger partial charge in [-0.15, -0.1) is 0 Å². The summed E-state index contributed by atoms with van der Waals surface area (Å²) >= 11 is 0. The molecule has 1 aliphatic rings. The van der Waals surface area contributed by atoms with Gasteiger partial charge in [0, 0.05) is 25.3 Å². The first-order valence-electron chi connectivity index (χ1n) is 5.53. The summed E-state index contributed by atoms with van der Waals surface area (Å²) in [5.41, 5.74) is 0. The molecule has 0 unspecified atom stereocenters. The number of hydrogen-bond donors (Lipinski definition) is 0. The van der Waals surface area contributed by atoms with E-state index < -0.39 is 0 Å². The highest BCUT2D eigenvalue weighted by atomic mass is 16.5. The van der Waals surface area contributed by atoms with Crippen LogP contribution in [0.25, 0.3) is 0 Å². The second-order valence-corrected chi connectivity index (χ2v) is 3.61. The minimum atomic E-state index is 0.621. The van der Waals surface area contributed by atoms with Crippen molar-refractivity contribution < 1.29 is 4.74 Å². The minimum absolute atomic E-state index is 0.621. The van der Waals surface area contributed by atoms with E-state index >= 15 is 0 Å². The lowest BCUT2D eigenvalue weighted by Crippen LogP contribution is -2.09. The molecular formula is C11H21NO. The molecule has 0 spiro atoms. The van der Waals surface area contributed by atoms with Gasteiger partial charge in [0.2, 0.25) is 0 Å². The van der Waals surface area contributed by atoms with Crippen LogP contribution in [0.4, 0.5) is 0 Å². The molecule has 0 atom stereocenters. The highest BCUT2D eigenvalue weighted by molar-refractivity contribution is 5.57. The molecule has 1 aliphatic carbocycles. The smallest absolute Gasteiger partial charge is 0.0515 e. The van der Waals surface area contributed by atoms with Crippen molar-refractivity contribution in [1.29, 1.82) is 0 Å². The van der Waals surface area contributed by atoms with Gasteiger partial charge in [-0.2, -0.15) is 0 Å². The van der Waals surface area contributed by atoms with Crippen LogP contribution in [-0.4, -0.2) is 25.5 Å². The second-order valence-electron chi connectivity index (χ2n) is 3.61. The zero-order valence-corrected chi connectivity index (χ0v) is 8.67.